The van der Waals surface area contributed by atoms with Gasteiger partial charge in [0.15, 0.2) is 4.77 Å². The molecule has 0 aromatic carbocycles. The number of rotatable bonds is 2. The highest BCUT2D eigenvalue weighted by Crippen LogP contribution is 2.13. The largest absolute Gasteiger partial charge is 0.494 e. The molecule has 0 aliphatic rings. The number of aromatic hydroxyl groups is 1. The number of H-pyrrole nitrogens is 2. The molecule has 0 fully saturated rings. The zero-order valence-electron chi connectivity index (χ0n) is 7.67. The van der Waals surface area contributed by atoms with E-state index in [4.69, 9.17) is 0 Å². The molecule has 2 aromatic heterocycles. The molecule has 7 nitrogen and oxygen atoms in total. The lowest BCUT2D eigenvalue weighted by Crippen LogP contribution is -2.13. The summed E-state index contributed by atoms with van der Waals surface area (Å²) in [7, 11) is 0. The van der Waals surface area contributed by atoms with Crippen LogP contribution in [0, 0.1) is 4.77 Å². The maximum atomic E-state index is 11.4. The Bertz CT molecular complexity index is 627. The summed E-state index contributed by atoms with van der Waals surface area (Å²) < 4.78 is 0.0514. The van der Waals surface area contributed by atoms with E-state index in [-0.39, 0.29) is 16.2 Å². The molecular formula is C7H5N5O2S2. The number of nitrogens with one attached hydrogen (secondary N) is 2. The minimum Gasteiger partial charge on any atom is -0.494 e. The van der Waals surface area contributed by atoms with Gasteiger partial charge in [-0.1, -0.05) is 11.3 Å². The Morgan fingerprint density at radius 2 is 2.38 bits per heavy atom. The fourth-order valence-corrected chi connectivity index (χ4v) is 1.53. The lowest BCUT2D eigenvalue weighted by atomic mass is 10.3. The van der Waals surface area contributed by atoms with Crippen LogP contribution in [0.2, 0.25) is 0 Å². The van der Waals surface area contributed by atoms with Crippen LogP contribution in [0.4, 0.5) is 5.13 Å². The normalized spacial score (nSPS) is 11.0. The molecule has 0 aliphatic carbocycles. The lowest BCUT2D eigenvalue weighted by molar-refractivity contribution is 0.449. The van der Waals surface area contributed by atoms with Gasteiger partial charge in [0.2, 0.25) is 11.0 Å². The van der Waals surface area contributed by atoms with Crippen molar-refractivity contribution in [1.82, 2.24) is 20.2 Å². The van der Waals surface area contributed by atoms with Crippen molar-refractivity contribution in [2.24, 2.45) is 4.99 Å². The third-order valence-corrected chi connectivity index (χ3v) is 2.41. The van der Waals surface area contributed by atoms with Crippen LogP contribution in [0.15, 0.2) is 15.3 Å². The lowest BCUT2D eigenvalue weighted by Gasteiger charge is -1.95. The smallest absolute Gasteiger partial charge is 0.264 e. The Balaban J connectivity index is 2.43. The summed E-state index contributed by atoms with van der Waals surface area (Å²) in [6, 6.07) is 0. The van der Waals surface area contributed by atoms with Gasteiger partial charge in [-0.25, -0.2) is 4.99 Å². The van der Waals surface area contributed by atoms with Gasteiger partial charge in [-0.15, -0.1) is 10.2 Å². The molecule has 3 N–H and O–H groups in total. The monoisotopic (exact) mass is 255 g/mol. The molecule has 0 atom stereocenters. The van der Waals surface area contributed by atoms with Crippen LogP contribution in [0.3, 0.4) is 0 Å². The van der Waals surface area contributed by atoms with Gasteiger partial charge in [0.1, 0.15) is 11.1 Å². The second-order valence-electron chi connectivity index (χ2n) is 2.65. The highest BCUT2D eigenvalue weighted by molar-refractivity contribution is 7.71. The van der Waals surface area contributed by atoms with E-state index in [9.17, 15) is 9.90 Å². The van der Waals surface area contributed by atoms with Gasteiger partial charge in [0.05, 0.1) is 0 Å². The highest BCUT2D eigenvalue weighted by Gasteiger charge is 2.04. The standard InChI is InChI=1S/C7H5N5O2S2/c13-4-3(5(14)11-6(15)10-4)1-8-7-12-9-2-16-7/h1-2H,(H3,10,11,13,14,15)/b8-1+. The van der Waals surface area contributed by atoms with Crippen molar-refractivity contribution in [2.75, 3.05) is 0 Å². The highest BCUT2D eigenvalue weighted by atomic mass is 32.1. The van der Waals surface area contributed by atoms with E-state index in [2.05, 4.69) is 37.4 Å². The minimum atomic E-state index is -0.519. The third-order valence-electron chi connectivity index (χ3n) is 1.61. The van der Waals surface area contributed by atoms with Crippen molar-refractivity contribution in [3.05, 3.63) is 26.2 Å². The Hall–Kier alpha value is -1.87. The van der Waals surface area contributed by atoms with Crippen molar-refractivity contribution in [1.29, 1.82) is 0 Å². The molecule has 2 aromatic rings. The van der Waals surface area contributed by atoms with Crippen LogP contribution in [0.5, 0.6) is 5.88 Å². The maximum Gasteiger partial charge on any atom is 0.264 e. The predicted octanol–water partition coefficient (Wildman–Crippen LogP) is 0.740. The molecule has 0 saturated heterocycles. The third kappa shape index (κ3) is 2.20. The Labute approximate surface area is 97.6 Å². The second kappa shape index (κ2) is 4.33. The molecule has 9 heteroatoms. The topological polar surface area (TPSA) is 107 Å². The number of hydrogen-bond donors (Lipinski definition) is 3. The molecule has 0 unspecified atom stereocenters. The maximum absolute atomic E-state index is 11.4. The Morgan fingerprint density at radius 3 is 3.00 bits per heavy atom. The number of aliphatic imine (C=N–C) groups is 1. The van der Waals surface area contributed by atoms with Gasteiger partial charge >= 0.3 is 0 Å². The van der Waals surface area contributed by atoms with Crippen molar-refractivity contribution < 1.29 is 5.11 Å². The summed E-state index contributed by atoms with van der Waals surface area (Å²) >= 11 is 5.89. The Morgan fingerprint density at radius 1 is 1.56 bits per heavy atom. The van der Waals surface area contributed by atoms with E-state index in [0.29, 0.717) is 5.13 Å². The van der Waals surface area contributed by atoms with Gasteiger partial charge < -0.3 is 10.1 Å². The number of aromatic nitrogens is 4. The molecule has 2 heterocycles. The summed E-state index contributed by atoms with van der Waals surface area (Å²) in [4.78, 5) is 20.0. The molecule has 0 aliphatic heterocycles. The zero-order valence-corrected chi connectivity index (χ0v) is 9.30. The summed E-state index contributed by atoms with van der Waals surface area (Å²) in [5.41, 5.74) is 0.980. The average Bonchev–Trinajstić information content (AvgIpc) is 2.68. The molecule has 82 valence electrons. The minimum absolute atomic E-state index is 0.0104. The molecule has 0 amide bonds. The molecule has 0 bridgehead atoms. The summed E-state index contributed by atoms with van der Waals surface area (Å²) in [5.74, 6) is -0.331. The van der Waals surface area contributed by atoms with Crippen molar-refractivity contribution in [3.63, 3.8) is 0 Å². The van der Waals surface area contributed by atoms with E-state index in [1.54, 1.807) is 0 Å². The second-order valence-corrected chi connectivity index (χ2v) is 3.87. The molecular weight excluding hydrogens is 250 g/mol. The van der Waals surface area contributed by atoms with Crippen molar-refractivity contribution in [2.45, 2.75) is 0 Å². The first-order chi connectivity index (χ1) is 7.66. The van der Waals surface area contributed by atoms with E-state index >= 15 is 0 Å². The van der Waals surface area contributed by atoms with Gasteiger partial charge in [-0.3, -0.25) is 9.78 Å². The fourth-order valence-electron chi connectivity index (χ4n) is 0.947. The fraction of sp³-hybridized carbons (Fsp3) is 0. The number of aromatic amines is 2. The Kier molecular flexibility index (Phi) is 2.88. The SMILES string of the molecule is O=c1[nH]c(=S)[nH]c(O)c1/C=N/c1nncs1. The van der Waals surface area contributed by atoms with Crippen LogP contribution in [0.25, 0.3) is 0 Å². The molecule has 16 heavy (non-hydrogen) atoms. The van der Waals surface area contributed by atoms with Gasteiger partial charge in [0.25, 0.3) is 5.56 Å². The van der Waals surface area contributed by atoms with Gasteiger partial charge in [-0.05, 0) is 12.2 Å². The van der Waals surface area contributed by atoms with Crippen LogP contribution in [-0.2, 0) is 0 Å². The molecule has 0 radical (unpaired) electrons. The average molecular weight is 255 g/mol. The first-order valence-electron chi connectivity index (χ1n) is 4.02. The van der Waals surface area contributed by atoms with E-state index in [0.717, 1.165) is 0 Å². The van der Waals surface area contributed by atoms with Crippen LogP contribution >= 0.6 is 23.6 Å². The summed E-state index contributed by atoms with van der Waals surface area (Å²) in [6.07, 6.45) is 1.19. The first-order valence-corrected chi connectivity index (χ1v) is 5.31. The van der Waals surface area contributed by atoms with Crippen LogP contribution in [-0.4, -0.2) is 31.5 Å². The summed E-state index contributed by atoms with van der Waals surface area (Å²) in [5, 5.41) is 17.1. The van der Waals surface area contributed by atoms with Crippen molar-refractivity contribution in [3.8, 4) is 5.88 Å². The predicted molar refractivity (Wildman–Crippen MR) is 61.1 cm³/mol. The zero-order chi connectivity index (χ0) is 11.5. The molecule has 2 rings (SSSR count). The molecule has 0 saturated carbocycles. The van der Waals surface area contributed by atoms with Gasteiger partial charge in [-0.2, -0.15) is 0 Å². The quantitative estimate of drug-likeness (QED) is 0.542. The van der Waals surface area contributed by atoms with E-state index in [1.165, 1.54) is 23.1 Å². The first kappa shape index (κ1) is 10.6. The summed E-state index contributed by atoms with van der Waals surface area (Å²) in [6.45, 7) is 0. The van der Waals surface area contributed by atoms with Crippen LogP contribution < -0.4 is 5.56 Å². The number of hydrogen-bond acceptors (Lipinski definition) is 7. The number of nitrogens with zero attached hydrogens (tertiary/aromatic N) is 3. The van der Waals surface area contributed by atoms with Crippen LogP contribution in [0.1, 0.15) is 5.56 Å². The molecule has 0 spiro atoms. The van der Waals surface area contributed by atoms with E-state index in [1.807, 2.05) is 0 Å². The van der Waals surface area contributed by atoms with Crippen molar-refractivity contribution >= 4 is 34.9 Å². The van der Waals surface area contributed by atoms with E-state index < -0.39 is 5.56 Å². The van der Waals surface area contributed by atoms with Gasteiger partial charge in [0, 0.05) is 6.21 Å².